The fourth-order valence-electron chi connectivity index (χ4n) is 5.48. The molecular formula is C34H42ClN3O3S. The molecule has 1 aliphatic heterocycles. The van der Waals surface area contributed by atoms with Gasteiger partial charge < -0.3 is 5.32 Å². The molecule has 1 saturated heterocycles. The number of piperidine rings is 1. The van der Waals surface area contributed by atoms with E-state index in [9.17, 15) is 14.4 Å². The van der Waals surface area contributed by atoms with Gasteiger partial charge in [0.25, 0.3) is 0 Å². The van der Waals surface area contributed by atoms with E-state index in [1.54, 1.807) is 12.1 Å². The van der Waals surface area contributed by atoms with Crippen LogP contribution in [0, 0.1) is 5.92 Å². The molecule has 0 unspecified atom stereocenters. The molecule has 0 spiro atoms. The quantitative estimate of drug-likeness (QED) is 0.178. The zero-order chi connectivity index (χ0) is 29.7. The first-order valence-electron chi connectivity index (χ1n) is 15.2. The van der Waals surface area contributed by atoms with Crippen molar-refractivity contribution in [3.05, 3.63) is 76.3 Å². The highest BCUT2D eigenvalue weighted by molar-refractivity contribution is 7.18. The van der Waals surface area contributed by atoms with Crippen molar-refractivity contribution in [1.82, 2.24) is 15.2 Å². The number of carbonyl (C=O) groups is 3. The maximum atomic E-state index is 13.7. The molecule has 1 N–H and O–H groups in total. The molecule has 3 aromatic rings. The summed E-state index contributed by atoms with van der Waals surface area (Å²) in [6, 6.07) is 15.3. The molecule has 4 rings (SSSR count). The number of Topliss-reactive ketones (excluding diaryl/α,β-unsaturated/α-hetero) is 1. The van der Waals surface area contributed by atoms with Crippen LogP contribution in [0.4, 0.5) is 0 Å². The number of benzene rings is 2. The van der Waals surface area contributed by atoms with E-state index in [1.165, 1.54) is 30.6 Å². The SMILES string of the molecule is CCCC(=O)C[C@@H](Cc1nc2ccc(Cl)cc2s1)C(=O)N[C@H](CCC(=O)/C=C/CN1CCCCC1)Cc1ccccc1. The lowest BCUT2D eigenvalue weighted by Crippen LogP contribution is -2.41. The number of likely N-dealkylation sites (tertiary alicyclic amines) is 1. The number of amides is 1. The van der Waals surface area contributed by atoms with Gasteiger partial charge in [0.1, 0.15) is 5.78 Å². The Bertz CT molecular complexity index is 1350. The number of hydrogen-bond acceptors (Lipinski definition) is 6. The average Bonchev–Trinajstić information content (AvgIpc) is 3.38. The highest BCUT2D eigenvalue weighted by Crippen LogP contribution is 2.28. The second-order valence-corrected chi connectivity index (χ2v) is 12.8. The lowest BCUT2D eigenvalue weighted by Gasteiger charge is -2.24. The van der Waals surface area contributed by atoms with Crippen molar-refractivity contribution in [2.24, 2.45) is 5.92 Å². The third-order valence-corrected chi connectivity index (χ3v) is 8.99. The number of ketones is 2. The number of nitrogens with zero attached hydrogens (tertiary/aromatic N) is 2. The number of thiazole rings is 1. The molecule has 1 amide bonds. The van der Waals surface area contributed by atoms with Crippen molar-refractivity contribution in [3.8, 4) is 0 Å². The van der Waals surface area contributed by atoms with E-state index in [1.807, 2.05) is 55.5 Å². The van der Waals surface area contributed by atoms with Crippen LogP contribution in [0.2, 0.25) is 5.02 Å². The van der Waals surface area contributed by atoms with Gasteiger partial charge in [-0.25, -0.2) is 4.98 Å². The smallest absolute Gasteiger partial charge is 0.224 e. The molecule has 0 bridgehead atoms. The molecule has 1 aliphatic rings. The number of fused-ring (bicyclic) bond motifs is 1. The monoisotopic (exact) mass is 607 g/mol. The predicted molar refractivity (Wildman–Crippen MR) is 172 cm³/mol. The highest BCUT2D eigenvalue weighted by atomic mass is 35.5. The molecule has 2 atom stereocenters. The third-order valence-electron chi connectivity index (χ3n) is 7.72. The normalized spacial score (nSPS) is 15.6. The molecule has 8 heteroatoms. The Morgan fingerprint density at radius 1 is 1.05 bits per heavy atom. The van der Waals surface area contributed by atoms with Gasteiger partial charge in [-0.2, -0.15) is 0 Å². The largest absolute Gasteiger partial charge is 0.353 e. The standard InChI is InChI=1S/C34H42ClN3O3S/c1-2-10-30(40)22-26(23-33-37-31-17-14-27(35)24-32(31)42-33)34(41)36-28(21-25-11-5-3-6-12-25)15-16-29(39)13-9-20-38-18-7-4-8-19-38/h3,5-6,9,11-14,17,24,26,28H,2,4,7-8,10,15-16,18-23H2,1H3,(H,36,41)/b13-9+/t26-,28+/m0/s1. The van der Waals surface area contributed by atoms with Crippen molar-refractivity contribution in [1.29, 1.82) is 0 Å². The second-order valence-electron chi connectivity index (χ2n) is 11.3. The van der Waals surface area contributed by atoms with Crippen LogP contribution in [-0.2, 0) is 27.2 Å². The molecule has 6 nitrogen and oxygen atoms in total. The Balaban J connectivity index is 1.43. The molecule has 224 valence electrons. The summed E-state index contributed by atoms with van der Waals surface area (Å²) >= 11 is 7.68. The Labute approximate surface area is 258 Å². The average molecular weight is 608 g/mol. The van der Waals surface area contributed by atoms with Crippen LogP contribution in [0.5, 0.6) is 0 Å². The van der Waals surface area contributed by atoms with Crippen LogP contribution >= 0.6 is 22.9 Å². The summed E-state index contributed by atoms with van der Waals surface area (Å²) in [7, 11) is 0. The predicted octanol–water partition coefficient (Wildman–Crippen LogP) is 6.99. The molecule has 2 heterocycles. The van der Waals surface area contributed by atoms with Crippen LogP contribution in [0.25, 0.3) is 10.2 Å². The van der Waals surface area contributed by atoms with Crippen molar-refractivity contribution < 1.29 is 14.4 Å². The van der Waals surface area contributed by atoms with E-state index in [2.05, 4.69) is 10.2 Å². The van der Waals surface area contributed by atoms with Gasteiger partial charge >= 0.3 is 0 Å². The van der Waals surface area contributed by atoms with Crippen LogP contribution in [-0.4, -0.2) is 53.0 Å². The number of rotatable bonds is 16. The van der Waals surface area contributed by atoms with Crippen LogP contribution in [0.15, 0.2) is 60.7 Å². The Kier molecular flexibility index (Phi) is 12.7. The number of hydrogen-bond donors (Lipinski definition) is 1. The summed E-state index contributed by atoms with van der Waals surface area (Å²) in [6.07, 6.45) is 10.7. The van der Waals surface area contributed by atoms with Crippen molar-refractivity contribution in [2.45, 2.75) is 77.2 Å². The van der Waals surface area contributed by atoms with Gasteiger partial charge in [0.15, 0.2) is 5.78 Å². The molecule has 42 heavy (non-hydrogen) atoms. The Morgan fingerprint density at radius 2 is 1.83 bits per heavy atom. The first-order valence-corrected chi connectivity index (χ1v) is 16.4. The number of carbonyl (C=O) groups excluding carboxylic acids is 3. The summed E-state index contributed by atoms with van der Waals surface area (Å²) in [4.78, 5) is 46.3. The van der Waals surface area contributed by atoms with Gasteiger partial charge in [-0.3, -0.25) is 19.3 Å². The van der Waals surface area contributed by atoms with E-state index < -0.39 is 5.92 Å². The molecule has 1 aromatic heterocycles. The second kappa shape index (κ2) is 16.7. The molecule has 2 aromatic carbocycles. The molecule has 0 aliphatic carbocycles. The van der Waals surface area contributed by atoms with E-state index >= 15 is 0 Å². The Morgan fingerprint density at radius 3 is 2.60 bits per heavy atom. The van der Waals surface area contributed by atoms with Gasteiger partial charge in [0.05, 0.1) is 21.1 Å². The topological polar surface area (TPSA) is 79.4 Å². The molecular weight excluding hydrogens is 566 g/mol. The molecule has 1 fully saturated rings. The minimum Gasteiger partial charge on any atom is -0.353 e. The summed E-state index contributed by atoms with van der Waals surface area (Å²) in [6.45, 7) is 4.96. The van der Waals surface area contributed by atoms with E-state index in [0.29, 0.717) is 37.1 Å². The number of nitrogens with one attached hydrogen (secondary N) is 1. The van der Waals surface area contributed by atoms with Crippen molar-refractivity contribution in [3.63, 3.8) is 0 Å². The van der Waals surface area contributed by atoms with Gasteiger partial charge in [-0.05, 0) is 75.0 Å². The van der Waals surface area contributed by atoms with Crippen molar-refractivity contribution >= 4 is 50.6 Å². The summed E-state index contributed by atoms with van der Waals surface area (Å²) in [5.41, 5.74) is 1.94. The summed E-state index contributed by atoms with van der Waals surface area (Å²) < 4.78 is 0.963. The zero-order valence-electron chi connectivity index (χ0n) is 24.5. The van der Waals surface area contributed by atoms with Gasteiger partial charge in [-0.15, -0.1) is 11.3 Å². The maximum Gasteiger partial charge on any atom is 0.224 e. The van der Waals surface area contributed by atoms with E-state index in [4.69, 9.17) is 16.6 Å². The first kappa shape index (κ1) is 32.1. The van der Waals surface area contributed by atoms with E-state index in [-0.39, 0.29) is 29.9 Å². The number of aromatic nitrogens is 1. The fraction of sp³-hybridized carbons (Fsp3) is 0.471. The van der Waals surface area contributed by atoms with Gasteiger partial charge in [-0.1, -0.05) is 61.4 Å². The van der Waals surface area contributed by atoms with Crippen LogP contribution in [0.3, 0.4) is 0 Å². The first-order chi connectivity index (χ1) is 20.4. The minimum atomic E-state index is -0.529. The lowest BCUT2D eigenvalue weighted by molar-refractivity contribution is -0.130. The van der Waals surface area contributed by atoms with Crippen molar-refractivity contribution in [2.75, 3.05) is 19.6 Å². The van der Waals surface area contributed by atoms with Gasteiger partial charge in [0.2, 0.25) is 5.91 Å². The van der Waals surface area contributed by atoms with Crippen LogP contribution < -0.4 is 5.32 Å². The Hall–Kier alpha value is -2.87. The van der Waals surface area contributed by atoms with Gasteiger partial charge in [0, 0.05) is 43.3 Å². The highest BCUT2D eigenvalue weighted by Gasteiger charge is 2.26. The number of allylic oxidation sites excluding steroid dienone is 1. The minimum absolute atomic E-state index is 0.0714. The van der Waals surface area contributed by atoms with E-state index in [0.717, 1.165) is 46.8 Å². The summed E-state index contributed by atoms with van der Waals surface area (Å²) in [5, 5.41) is 4.67. The molecule has 0 saturated carbocycles. The summed E-state index contributed by atoms with van der Waals surface area (Å²) in [5.74, 6) is -0.540. The fourth-order valence-corrected chi connectivity index (χ4v) is 6.80. The van der Waals surface area contributed by atoms with Crippen LogP contribution in [0.1, 0.15) is 68.9 Å². The molecule has 0 radical (unpaired) electrons. The number of halogens is 1. The maximum absolute atomic E-state index is 13.7. The third kappa shape index (κ3) is 10.4. The zero-order valence-corrected chi connectivity index (χ0v) is 26.1. The lowest BCUT2D eigenvalue weighted by atomic mass is 9.94.